The van der Waals surface area contributed by atoms with E-state index in [1.807, 2.05) is 0 Å². The van der Waals surface area contributed by atoms with Crippen molar-refractivity contribution in [3.63, 3.8) is 0 Å². The number of rotatable bonds is 2. The van der Waals surface area contributed by atoms with Crippen LogP contribution in [0.3, 0.4) is 0 Å². The molecule has 0 aromatic heterocycles. The van der Waals surface area contributed by atoms with Crippen LogP contribution in [0, 0.1) is 17.6 Å². The first-order valence-electron chi connectivity index (χ1n) is 5.71. The number of nitrogens with zero attached hydrogens (tertiary/aromatic N) is 1. The summed E-state index contributed by atoms with van der Waals surface area (Å²) in [6.45, 7) is 0. The van der Waals surface area contributed by atoms with E-state index in [9.17, 15) is 17.6 Å². The second kappa shape index (κ2) is 3.85. The molecule has 2 N–H and O–H groups in total. The Labute approximate surface area is 106 Å². The lowest BCUT2D eigenvalue weighted by molar-refractivity contribution is 0.0173. The maximum Gasteiger partial charge on any atom is 0.283 e. The van der Waals surface area contributed by atoms with Gasteiger partial charge in [0.15, 0.2) is 17.2 Å². The molecule has 1 aromatic rings. The molecule has 1 aliphatic heterocycles. The summed E-state index contributed by atoms with van der Waals surface area (Å²) in [6.07, 6.45) is -3.21. The van der Waals surface area contributed by atoms with E-state index in [4.69, 9.17) is 10.5 Å². The third kappa shape index (κ3) is 1.60. The molecule has 0 saturated heterocycles. The van der Waals surface area contributed by atoms with Crippen molar-refractivity contribution in [2.75, 3.05) is 0 Å². The van der Waals surface area contributed by atoms with Crippen molar-refractivity contribution >= 4 is 6.02 Å². The zero-order valence-corrected chi connectivity index (χ0v) is 9.62. The molecule has 2 aliphatic rings. The molecule has 1 saturated carbocycles. The summed E-state index contributed by atoms with van der Waals surface area (Å²) >= 11 is 0. The number of hydrogen-bond acceptors (Lipinski definition) is 3. The molecule has 1 fully saturated rings. The lowest BCUT2D eigenvalue weighted by Gasteiger charge is -2.33. The van der Waals surface area contributed by atoms with Crippen molar-refractivity contribution in [2.45, 2.75) is 24.5 Å². The monoisotopic (exact) mass is 274 g/mol. The summed E-state index contributed by atoms with van der Waals surface area (Å²) in [5.41, 5.74) is 2.74. The van der Waals surface area contributed by atoms with E-state index in [1.54, 1.807) is 0 Å². The van der Waals surface area contributed by atoms with Gasteiger partial charge >= 0.3 is 0 Å². The Bertz CT molecular complexity index is 563. The van der Waals surface area contributed by atoms with Gasteiger partial charge in [-0.3, -0.25) is 0 Å². The van der Waals surface area contributed by atoms with Crippen LogP contribution < -0.4 is 5.73 Å². The van der Waals surface area contributed by atoms with E-state index in [0.717, 1.165) is 12.1 Å². The second-order valence-corrected chi connectivity index (χ2v) is 4.68. The standard InChI is InChI=1S/C12H10F4N2O/c13-7-3-1-2-5(9(7)14)12(10(15)16)6-4-8(6)19-11(17)18-12/h1-3,6,8,10H,4H2,(H2,17,18)/t6-,8+,12+/m0/s1. The Balaban J connectivity index is 2.22. The van der Waals surface area contributed by atoms with Gasteiger partial charge in [0.05, 0.1) is 0 Å². The van der Waals surface area contributed by atoms with Gasteiger partial charge < -0.3 is 10.5 Å². The highest BCUT2D eigenvalue weighted by Crippen LogP contribution is 2.56. The molecule has 0 amide bonds. The summed E-state index contributed by atoms with van der Waals surface area (Å²) in [5.74, 6) is -3.18. The Morgan fingerprint density at radius 3 is 2.79 bits per heavy atom. The van der Waals surface area contributed by atoms with Gasteiger partial charge in [-0.05, 0) is 12.5 Å². The van der Waals surface area contributed by atoms with Crippen LogP contribution in [0.1, 0.15) is 12.0 Å². The third-order valence-corrected chi connectivity index (χ3v) is 3.58. The van der Waals surface area contributed by atoms with Gasteiger partial charge in [0.1, 0.15) is 6.10 Å². The molecule has 0 unspecified atom stereocenters. The maximum absolute atomic E-state index is 13.9. The van der Waals surface area contributed by atoms with Gasteiger partial charge in [0.2, 0.25) is 0 Å². The molecule has 0 bridgehead atoms. The SMILES string of the molecule is NC1=N[C@@](c2cccc(F)c2F)(C(F)F)[C@H]2C[C@H]2O1. The first kappa shape index (κ1) is 12.3. The van der Waals surface area contributed by atoms with Crippen LogP contribution in [-0.4, -0.2) is 18.6 Å². The highest BCUT2D eigenvalue weighted by molar-refractivity contribution is 5.74. The molecule has 102 valence electrons. The normalized spacial score (nSPS) is 32.6. The highest BCUT2D eigenvalue weighted by Gasteiger charge is 2.64. The van der Waals surface area contributed by atoms with Crippen molar-refractivity contribution in [1.29, 1.82) is 0 Å². The number of amidine groups is 1. The summed E-state index contributed by atoms with van der Waals surface area (Å²) in [4.78, 5) is 3.62. The van der Waals surface area contributed by atoms with Crippen LogP contribution in [-0.2, 0) is 10.3 Å². The number of aliphatic imine (C=N–C) groups is 1. The van der Waals surface area contributed by atoms with Crippen LogP contribution in [0.25, 0.3) is 0 Å². The Morgan fingerprint density at radius 2 is 2.11 bits per heavy atom. The van der Waals surface area contributed by atoms with E-state index in [0.29, 0.717) is 6.42 Å². The molecule has 3 nitrogen and oxygen atoms in total. The first-order valence-corrected chi connectivity index (χ1v) is 5.71. The molecule has 1 aromatic carbocycles. The molecular formula is C12H10F4N2O. The Kier molecular flexibility index (Phi) is 2.48. The molecule has 0 radical (unpaired) electrons. The van der Waals surface area contributed by atoms with Crippen LogP contribution in [0.5, 0.6) is 0 Å². The fourth-order valence-corrected chi connectivity index (χ4v) is 2.61. The number of benzene rings is 1. The quantitative estimate of drug-likeness (QED) is 0.840. The lowest BCUT2D eigenvalue weighted by Crippen LogP contribution is -2.43. The number of hydrogen-bond donors (Lipinski definition) is 1. The molecule has 1 heterocycles. The molecule has 7 heteroatoms. The number of ether oxygens (including phenoxy) is 1. The smallest absolute Gasteiger partial charge is 0.283 e. The molecule has 1 aliphatic carbocycles. The minimum Gasteiger partial charge on any atom is -0.462 e. The summed E-state index contributed by atoms with van der Waals surface area (Å²) in [6, 6.07) is 2.75. The van der Waals surface area contributed by atoms with Gasteiger partial charge in [0.25, 0.3) is 12.4 Å². The zero-order valence-electron chi connectivity index (χ0n) is 9.62. The van der Waals surface area contributed by atoms with Crippen molar-refractivity contribution in [3.05, 3.63) is 35.4 Å². The second-order valence-electron chi connectivity index (χ2n) is 4.68. The maximum atomic E-state index is 13.9. The van der Waals surface area contributed by atoms with E-state index >= 15 is 0 Å². The van der Waals surface area contributed by atoms with E-state index < -0.39 is 47.2 Å². The van der Waals surface area contributed by atoms with Crippen molar-refractivity contribution in [3.8, 4) is 0 Å². The zero-order chi connectivity index (χ0) is 13.8. The lowest BCUT2D eigenvalue weighted by atomic mass is 9.84. The molecule has 0 spiro atoms. The summed E-state index contributed by atoms with van der Waals surface area (Å²) < 4.78 is 59.2. The van der Waals surface area contributed by atoms with Crippen molar-refractivity contribution in [1.82, 2.24) is 0 Å². The van der Waals surface area contributed by atoms with Gasteiger partial charge in [-0.25, -0.2) is 22.6 Å². The number of nitrogens with two attached hydrogens (primary N) is 1. The molecule has 3 rings (SSSR count). The van der Waals surface area contributed by atoms with E-state index in [-0.39, 0.29) is 0 Å². The minimum absolute atomic E-state index is 0.296. The summed E-state index contributed by atoms with van der Waals surface area (Å²) in [5, 5.41) is 0. The highest BCUT2D eigenvalue weighted by atomic mass is 19.3. The largest absolute Gasteiger partial charge is 0.462 e. The van der Waals surface area contributed by atoms with Crippen LogP contribution >= 0.6 is 0 Å². The average molecular weight is 274 g/mol. The van der Waals surface area contributed by atoms with Gasteiger partial charge in [-0.2, -0.15) is 0 Å². The third-order valence-electron chi connectivity index (χ3n) is 3.58. The average Bonchev–Trinajstić information content (AvgIpc) is 3.10. The Morgan fingerprint density at radius 1 is 1.37 bits per heavy atom. The molecule has 3 atom stereocenters. The predicted octanol–water partition coefficient (Wildman–Crippen LogP) is 2.16. The number of halogens is 4. The molecular weight excluding hydrogens is 264 g/mol. The Hall–Kier alpha value is -1.79. The fraction of sp³-hybridized carbons (Fsp3) is 0.417. The number of fused-ring (bicyclic) bond motifs is 1. The van der Waals surface area contributed by atoms with E-state index in [1.165, 1.54) is 6.07 Å². The van der Waals surface area contributed by atoms with Crippen LogP contribution in [0.2, 0.25) is 0 Å². The minimum atomic E-state index is -3.00. The van der Waals surface area contributed by atoms with Crippen molar-refractivity contribution < 1.29 is 22.3 Å². The molecule has 19 heavy (non-hydrogen) atoms. The van der Waals surface area contributed by atoms with Gasteiger partial charge in [-0.1, -0.05) is 12.1 Å². The van der Waals surface area contributed by atoms with Crippen LogP contribution in [0.4, 0.5) is 17.6 Å². The predicted molar refractivity (Wildman–Crippen MR) is 58.6 cm³/mol. The topological polar surface area (TPSA) is 47.6 Å². The van der Waals surface area contributed by atoms with Crippen LogP contribution in [0.15, 0.2) is 23.2 Å². The van der Waals surface area contributed by atoms with Gasteiger partial charge in [0, 0.05) is 11.5 Å². The van der Waals surface area contributed by atoms with Crippen molar-refractivity contribution in [2.24, 2.45) is 16.6 Å². The summed E-state index contributed by atoms with van der Waals surface area (Å²) in [7, 11) is 0. The fourth-order valence-electron chi connectivity index (χ4n) is 2.61. The first-order chi connectivity index (χ1) is 8.96. The van der Waals surface area contributed by atoms with Gasteiger partial charge in [-0.15, -0.1) is 0 Å². The number of alkyl halides is 2. The van der Waals surface area contributed by atoms with E-state index in [2.05, 4.69) is 4.99 Å².